The first-order valence-corrected chi connectivity index (χ1v) is 11.2. The number of halogens is 1. The quantitative estimate of drug-likeness (QED) is 0.370. The number of rotatable bonds is 4. The molecule has 2 aromatic carbocycles. The number of hydrogen-bond acceptors (Lipinski definition) is 7. The molecule has 0 radical (unpaired) electrons. The summed E-state index contributed by atoms with van der Waals surface area (Å²) in [5, 5.41) is 14.5. The van der Waals surface area contributed by atoms with E-state index in [0.29, 0.717) is 39.4 Å². The number of hydrogen-bond donors (Lipinski definition) is 3. The molecule has 0 saturated heterocycles. The summed E-state index contributed by atoms with van der Waals surface area (Å²) in [6, 6.07) is 14.1. The molecule has 0 saturated carbocycles. The van der Waals surface area contributed by atoms with Crippen molar-refractivity contribution in [2.24, 2.45) is 4.99 Å². The van der Waals surface area contributed by atoms with E-state index in [2.05, 4.69) is 25.8 Å². The number of nitrogens with one attached hydrogen (secondary N) is 3. The number of amidine groups is 1. The Labute approximate surface area is 204 Å². The third kappa shape index (κ3) is 3.95. The van der Waals surface area contributed by atoms with E-state index in [4.69, 9.17) is 26.1 Å². The zero-order chi connectivity index (χ0) is 23.9. The van der Waals surface area contributed by atoms with Gasteiger partial charge in [0.2, 0.25) is 6.79 Å². The van der Waals surface area contributed by atoms with E-state index in [-0.39, 0.29) is 12.7 Å². The number of aliphatic imine (C=N–C) groups is 1. The Hall–Kier alpha value is -4.37. The van der Waals surface area contributed by atoms with Gasteiger partial charge >= 0.3 is 0 Å². The van der Waals surface area contributed by atoms with Gasteiger partial charge in [0.05, 0.1) is 17.3 Å². The highest BCUT2D eigenvalue weighted by Gasteiger charge is 2.31. The average molecular weight is 487 g/mol. The molecule has 0 fully saturated rings. The fraction of sp³-hybridized carbons (Fsp3) is 0.120. The number of carbonyl (C=O) groups excluding carboxylic acids is 1. The number of allylic oxidation sites excluding steroid dienone is 1. The highest BCUT2D eigenvalue weighted by Crippen LogP contribution is 2.39. The average Bonchev–Trinajstić information content (AvgIpc) is 3.52. The Bertz CT molecular complexity index is 1540. The van der Waals surface area contributed by atoms with Crippen molar-refractivity contribution >= 4 is 39.9 Å². The second kappa shape index (κ2) is 8.44. The maximum absolute atomic E-state index is 13.6. The van der Waals surface area contributed by atoms with Crippen molar-refractivity contribution in [1.29, 1.82) is 0 Å². The molecule has 2 aliphatic rings. The summed E-state index contributed by atoms with van der Waals surface area (Å²) in [4.78, 5) is 22.5. The van der Waals surface area contributed by atoms with E-state index in [1.807, 2.05) is 49.4 Å². The topological polar surface area (TPSA) is 114 Å². The van der Waals surface area contributed by atoms with Crippen LogP contribution in [-0.4, -0.2) is 33.7 Å². The summed E-state index contributed by atoms with van der Waals surface area (Å²) in [7, 11) is 0. The second-order valence-electron chi connectivity index (χ2n) is 8.15. The molecule has 2 aromatic heterocycles. The van der Waals surface area contributed by atoms with E-state index in [1.54, 1.807) is 18.5 Å². The largest absolute Gasteiger partial charge is 0.454 e. The molecule has 4 heterocycles. The van der Waals surface area contributed by atoms with Crippen LogP contribution in [0.5, 0.6) is 11.5 Å². The number of aromatic amines is 1. The number of ether oxygens (including phenoxy) is 2. The molecule has 4 aromatic rings. The first kappa shape index (κ1) is 21.2. The number of benzene rings is 2. The third-order valence-corrected chi connectivity index (χ3v) is 6.10. The van der Waals surface area contributed by atoms with Crippen LogP contribution in [-0.2, 0) is 4.79 Å². The van der Waals surface area contributed by atoms with Gasteiger partial charge in [-0.05, 0) is 55.0 Å². The Morgan fingerprint density at radius 3 is 2.89 bits per heavy atom. The lowest BCUT2D eigenvalue weighted by Gasteiger charge is -2.27. The van der Waals surface area contributed by atoms with E-state index >= 15 is 0 Å². The lowest BCUT2D eigenvalue weighted by molar-refractivity contribution is -0.113. The summed E-state index contributed by atoms with van der Waals surface area (Å²) >= 11 is 6.11. The van der Waals surface area contributed by atoms with Gasteiger partial charge in [0.1, 0.15) is 17.0 Å². The molecule has 2 aliphatic heterocycles. The molecule has 1 unspecified atom stereocenters. The molecule has 174 valence electrons. The number of nitrogens with zero attached hydrogens (tertiary/aromatic N) is 3. The predicted octanol–water partition coefficient (Wildman–Crippen LogP) is 4.34. The highest BCUT2D eigenvalue weighted by atomic mass is 35.5. The van der Waals surface area contributed by atoms with Crippen LogP contribution in [0.15, 0.2) is 77.2 Å². The number of aromatic nitrogens is 3. The summed E-state index contributed by atoms with van der Waals surface area (Å²) in [5.41, 5.74) is 4.27. The Morgan fingerprint density at radius 1 is 1.11 bits per heavy atom. The van der Waals surface area contributed by atoms with Crippen LogP contribution in [0.1, 0.15) is 24.1 Å². The van der Waals surface area contributed by atoms with Crippen molar-refractivity contribution in [3.05, 3.63) is 88.5 Å². The number of fused-ring (bicyclic) bond motifs is 2. The predicted molar refractivity (Wildman–Crippen MR) is 132 cm³/mol. The molecule has 35 heavy (non-hydrogen) atoms. The van der Waals surface area contributed by atoms with Gasteiger partial charge in [-0.2, -0.15) is 5.10 Å². The molecular weight excluding hydrogens is 468 g/mol. The molecule has 0 bridgehead atoms. The van der Waals surface area contributed by atoms with Crippen LogP contribution in [0.25, 0.3) is 10.9 Å². The van der Waals surface area contributed by atoms with E-state index < -0.39 is 6.04 Å². The second-order valence-corrected chi connectivity index (χ2v) is 8.54. The van der Waals surface area contributed by atoms with Gasteiger partial charge in [0.25, 0.3) is 5.91 Å². The number of amides is 1. The van der Waals surface area contributed by atoms with Crippen molar-refractivity contribution in [2.75, 3.05) is 12.1 Å². The van der Waals surface area contributed by atoms with Gasteiger partial charge in [-0.25, -0.2) is 4.98 Å². The lowest BCUT2D eigenvalue weighted by atomic mass is 9.94. The van der Waals surface area contributed by atoms with Crippen molar-refractivity contribution in [3.63, 3.8) is 0 Å². The summed E-state index contributed by atoms with van der Waals surface area (Å²) < 4.78 is 11.0. The van der Waals surface area contributed by atoms with Crippen molar-refractivity contribution in [1.82, 2.24) is 20.5 Å². The fourth-order valence-corrected chi connectivity index (χ4v) is 4.38. The minimum Gasteiger partial charge on any atom is -0.454 e. The van der Waals surface area contributed by atoms with E-state index in [0.717, 1.165) is 22.0 Å². The Kier molecular flexibility index (Phi) is 5.11. The molecule has 9 nitrogen and oxygen atoms in total. The van der Waals surface area contributed by atoms with E-state index in [1.165, 1.54) is 0 Å². The van der Waals surface area contributed by atoms with E-state index in [9.17, 15) is 4.79 Å². The van der Waals surface area contributed by atoms with Gasteiger partial charge < -0.3 is 20.1 Å². The highest BCUT2D eigenvalue weighted by molar-refractivity contribution is 6.29. The molecule has 0 aliphatic carbocycles. The molecule has 6 rings (SSSR count). The Morgan fingerprint density at radius 2 is 2.00 bits per heavy atom. The van der Waals surface area contributed by atoms with Gasteiger partial charge in [-0.1, -0.05) is 17.7 Å². The van der Waals surface area contributed by atoms with Gasteiger partial charge in [-0.3, -0.25) is 14.9 Å². The van der Waals surface area contributed by atoms with Crippen LogP contribution in [0.4, 0.5) is 5.69 Å². The monoisotopic (exact) mass is 486 g/mol. The van der Waals surface area contributed by atoms with Crippen LogP contribution >= 0.6 is 11.6 Å². The molecule has 3 N–H and O–H groups in total. The molecule has 0 spiro atoms. The fourth-order valence-electron chi connectivity index (χ4n) is 4.21. The molecule has 1 atom stereocenters. The van der Waals surface area contributed by atoms with Crippen LogP contribution in [0.2, 0.25) is 5.15 Å². The van der Waals surface area contributed by atoms with Gasteiger partial charge in [0, 0.05) is 28.5 Å². The summed E-state index contributed by atoms with van der Waals surface area (Å²) in [6.45, 7) is 2.01. The minimum absolute atomic E-state index is 0.160. The molecular formula is C25H19ClN6O3. The van der Waals surface area contributed by atoms with Crippen molar-refractivity contribution in [2.45, 2.75) is 13.0 Å². The maximum Gasteiger partial charge on any atom is 0.255 e. The SMILES string of the molecule is CC1=C(C(=O)Nc2ccc3[nH]ncc3c2)C(c2ccc3c(c2)OCO3)N=C(c2ccnc(Cl)c2)N1. The number of anilines is 1. The van der Waals surface area contributed by atoms with Gasteiger partial charge in [0.15, 0.2) is 11.5 Å². The van der Waals surface area contributed by atoms with Crippen molar-refractivity contribution in [3.8, 4) is 11.5 Å². The van der Waals surface area contributed by atoms with Crippen LogP contribution in [0.3, 0.4) is 0 Å². The minimum atomic E-state index is -0.592. The first-order chi connectivity index (χ1) is 17.0. The summed E-state index contributed by atoms with van der Waals surface area (Å²) in [6.07, 6.45) is 3.33. The standard InChI is InChI=1S/C25H19ClN6O3/c1-13-22(25(33)30-17-3-4-18-16(8-17)11-28-32-18)23(14-2-5-19-20(9-14)35-12-34-19)31-24(29-13)15-6-7-27-21(26)10-15/h2-11,23H,12H2,1H3,(H,28,32)(H,29,31)(H,30,33). The molecule has 10 heteroatoms. The normalized spacial score (nSPS) is 16.7. The van der Waals surface area contributed by atoms with Crippen LogP contribution < -0.4 is 20.1 Å². The van der Waals surface area contributed by atoms with Crippen molar-refractivity contribution < 1.29 is 14.3 Å². The smallest absolute Gasteiger partial charge is 0.255 e. The van der Waals surface area contributed by atoms with Gasteiger partial charge in [-0.15, -0.1) is 0 Å². The zero-order valence-electron chi connectivity index (χ0n) is 18.5. The molecule has 1 amide bonds. The third-order valence-electron chi connectivity index (χ3n) is 5.90. The number of carbonyl (C=O) groups is 1. The van der Waals surface area contributed by atoms with Crippen LogP contribution in [0, 0.1) is 0 Å². The number of pyridine rings is 1. The Balaban J connectivity index is 1.40. The number of H-pyrrole nitrogens is 1. The first-order valence-electron chi connectivity index (χ1n) is 10.9. The lowest BCUT2D eigenvalue weighted by Crippen LogP contribution is -2.34. The zero-order valence-corrected chi connectivity index (χ0v) is 19.3. The summed E-state index contributed by atoms with van der Waals surface area (Å²) in [5.74, 6) is 1.60. The maximum atomic E-state index is 13.6.